The third-order valence-corrected chi connectivity index (χ3v) is 7.04. The van der Waals surface area contributed by atoms with Crippen molar-refractivity contribution < 1.29 is 22.9 Å². The topological polar surface area (TPSA) is 91.7 Å². The van der Waals surface area contributed by atoms with Gasteiger partial charge in [0, 0.05) is 0 Å². The molecule has 1 unspecified atom stereocenters. The second-order valence-electron chi connectivity index (χ2n) is 7.47. The molecule has 0 amide bonds. The second kappa shape index (κ2) is 14.4. The van der Waals surface area contributed by atoms with Crippen molar-refractivity contribution in [1.82, 2.24) is 0 Å². The van der Waals surface area contributed by atoms with Crippen molar-refractivity contribution in [2.45, 2.75) is 121 Å². The van der Waals surface area contributed by atoms with Gasteiger partial charge in [0.05, 0.1) is 0 Å². The van der Waals surface area contributed by atoms with E-state index in [1.165, 1.54) is 71.1 Å². The van der Waals surface area contributed by atoms with Gasteiger partial charge >= 0.3 is 5.97 Å². The van der Waals surface area contributed by atoms with Gasteiger partial charge in [-0.25, -0.2) is 0 Å². The van der Waals surface area contributed by atoms with Gasteiger partial charge in [0.15, 0.2) is 4.75 Å². The first-order valence-electron chi connectivity index (χ1n) is 10.5. The summed E-state index contributed by atoms with van der Waals surface area (Å²) in [6, 6.07) is 0. The molecular weight excluding hydrogens is 352 g/mol. The molecule has 0 aliphatic heterocycles. The molecule has 6 heteroatoms. The number of hydrogen-bond acceptors (Lipinski definition) is 3. The van der Waals surface area contributed by atoms with Crippen LogP contribution >= 0.6 is 0 Å². The molecule has 0 aromatic heterocycles. The van der Waals surface area contributed by atoms with Crippen LogP contribution in [0.25, 0.3) is 0 Å². The smallest absolute Gasteiger partial charge is 0.327 e. The molecule has 0 aliphatic rings. The zero-order valence-electron chi connectivity index (χ0n) is 16.8. The molecule has 0 fully saturated rings. The van der Waals surface area contributed by atoms with E-state index in [-0.39, 0.29) is 12.8 Å². The van der Waals surface area contributed by atoms with E-state index in [0.717, 1.165) is 19.3 Å². The SMILES string of the molecule is CCCCCCCCCCCCCCCCC(CC)(C(=O)O)S(=O)(=O)O. The average Bonchev–Trinajstić information content (AvgIpc) is 2.57. The number of hydrogen-bond donors (Lipinski definition) is 2. The summed E-state index contributed by atoms with van der Waals surface area (Å²) in [4.78, 5) is 11.3. The fraction of sp³-hybridized carbons (Fsp3) is 0.950. The normalized spacial score (nSPS) is 14.3. The zero-order chi connectivity index (χ0) is 19.9. The monoisotopic (exact) mass is 392 g/mol. The number of carbonyl (C=O) groups is 1. The summed E-state index contributed by atoms with van der Waals surface area (Å²) in [5.41, 5.74) is 0. The first kappa shape index (κ1) is 25.4. The third-order valence-electron chi connectivity index (χ3n) is 5.39. The largest absolute Gasteiger partial charge is 0.480 e. The molecule has 0 bridgehead atoms. The Hall–Kier alpha value is -0.620. The maximum absolute atomic E-state index is 11.5. The molecule has 0 saturated heterocycles. The van der Waals surface area contributed by atoms with E-state index in [4.69, 9.17) is 0 Å². The molecule has 0 aromatic rings. The molecule has 0 spiro atoms. The average molecular weight is 393 g/mol. The van der Waals surface area contributed by atoms with Crippen molar-refractivity contribution in [1.29, 1.82) is 0 Å². The molecule has 26 heavy (non-hydrogen) atoms. The summed E-state index contributed by atoms with van der Waals surface area (Å²) >= 11 is 0. The minimum atomic E-state index is -4.59. The van der Waals surface area contributed by atoms with E-state index >= 15 is 0 Å². The molecule has 1 atom stereocenters. The van der Waals surface area contributed by atoms with Gasteiger partial charge in [-0.3, -0.25) is 9.35 Å². The number of carboxylic acid groups (broad SMARTS) is 1. The van der Waals surface area contributed by atoms with Gasteiger partial charge in [-0.2, -0.15) is 8.42 Å². The first-order valence-corrected chi connectivity index (χ1v) is 12.0. The van der Waals surface area contributed by atoms with Crippen molar-refractivity contribution in [2.24, 2.45) is 0 Å². The van der Waals surface area contributed by atoms with E-state index < -0.39 is 20.8 Å². The molecule has 0 rings (SSSR count). The van der Waals surface area contributed by atoms with Gasteiger partial charge < -0.3 is 5.11 Å². The van der Waals surface area contributed by atoms with Crippen LogP contribution in [0.15, 0.2) is 0 Å². The fourth-order valence-corrected chi connectivity index (χ4v) is 4.45. The lowest BCUT2D eigenvalue weighted by Gasteiger charge is -2.24. The van der Waals surface area contributed by atoms with E-state index in [9.17, 15) is 22.9 Å². The van der Waals surface area contributed by atoms with Crippen LogP contribution in [0, 0.1) is 0 Å². The number of unbranched alkanes of at least 4 members (excludes halogenated alkanes) is 13. The Balaban J connectivity index is 3.68. The first-order chi connectivity index (χ1) is 12.3. The van der Waals surface area contributed by atoms with Gasteiger partial charge in [-0.05, 0) is 12.8 Å². The van der Waals surface area contributed by atoms with Crippen LogP contribution < -0.4 is 0 Å². The minimum absolute atomic E-state index is 0.0182. The molecule has 5 nitrogen and oxygen atoms in total. The Kier molecular flexibility index (Phi) is 14.1. The lowest BCUT2D eigenvalue weighted by atomic mass is 9.96. The van der Waals surface area contributed by atoms with Crippen LogP contribution in [-0.2, 0) is 14.9 Å². The predicted octanol–water partition coefficient (Wildman–Crippen LogP) is 5.98. The standard InChI is InChI=1S/C20H40O5S/c1-3-5-6-7-8-9-10-11-12-13-14-15-16-17-18-20(4-2,19(21)22)26(23,24)25/h3-18H2,1-2H3,(H,21,22)(H,23,24,25). The zero-order valence-corrected chi connectivity index (χ0v) is 17.7. The minimum Gasteiger partial charge on any atom is -0.480 e. The number of carboxylic acids is 1. The molecule has 0 heterocycles. The molecule has 0 saturated carbocycles. The van der Waals surface area contributed by atoms with Crippen LogP contribution in [0.5, 0.6) is 0 Å². The van der Waals surface area contributed by atoms with Gasteiger partial charge in [-0.1, -0.05) is 104 Å². The van der Waals surface area contributed by atoms with Crippen molar-refractivity contribution in [3.05, 3.63) is 0 Å². The summed E-state index contributed by atoms with van der Waals surface area (Å²) in [6.45, 7) is 3.73. The number of rotatable bonds is 18. The number of aliphatic carboxylic acids is 1. The van der Waals surface area contributed by atoms with Crippen molar-refractivity contribution >= 4 is 16.1 Å². The van der Waals surface area contributed by atoms with Crippen LogP contribution in [-0.4, -0.2) is 28.8 Å². The molecular formula is C20H40O5S. The lowest BCUT2D eigenvalue weighted by molar-refractivity contribution is -0.140. The summed E-state index contributed by atoms with van der Waals surface area (Å²) in [5.74, 6) is -1.45. The van der Waals surface area contributed by atoms with Crippen molar-refractivity contribution in [3.8, 4) is 0 Å². The molecule has 0 radical (unpaired) electrons. The van der Waals surface area contributed by atoms with Crippen LogP contribution in [0.4, 0.5) is 0 Å². The highest BCUT2D eigenvalue weighted by atomic mass is 32.2. The van der Waals surface area contributed by atoms with Gasteiger partial charge in [0.1, 0.15) is 0 Å². The van der Waals surface area contributed by atoms with Gasteiger partial charge in [0.2, 0.25) is 0 Å². The van der Waals surface area contributed by atoms with Crippen LogP contribution in [0.3, 0.4) is 0 Å². The van der Waals surface area contributed by atoms with Crippen LogP contribution in [0.1, 0.15) is 117 Å². The summed E-state index contributed by atoms with van der Waals surface area (Å²) in [5, 5.41) is 9.22. The molecule has 0 aromatic carbocycles. The Morgan fingerprint density at radius 3 is 1.35 bits per heavy atom. The van der Waals surface area contributed by atoms with Crippen molar-refractivity contribution in [2.75, 3.05) is 0 Å². The second-order valence-corrected chi connectivity index (χ2v) is 9.21. The predicted molar refractivity (Wildman–Crippen MR) is 107 cm³/mol. The Bertz CT molecular complexity index is 461. The summed E-state index contributed by atoms with van der Waals surface area (Å²) in [6.07, 6.45) is 16.4. The third kappa shape index (κ3) is 9.91. The van der Waals surface area contributed by atoms with E-state index in [1.807, 2.05) is 0 Å². The van der Waals surface area contributed by atoms with E-state index in [0.29, 0.717) is 6.42 Å². The maximum atomic E-state index is 11.5. The molecule has 0 aliphatic carbocycles. The highest BCUT2D eigenvalue weighted by molar-refractivity contribution is 7.88. The Labute approximate surface area is 160 Å². The summed E-state index contributed by atoms with van der Waals surface area (Å²) in [7, 11) is -4.59. The van der Waals surface area contributed by atoms with Crippen LogP contribution in [0.2, 0.25) is 0 Å². The lowest BCUT2D eigenvalue weighted by Crippen LogP contribution is -2.45. The molecule has 156 valence electrons. The Morgan fingerprint density at radius 1 is 0.731 bits per heavy atom. The summed E-state index contributed by atoms with van der Waals surface area (Å²) < 4.78 is 30.2. The van der Waals surface area contributed by atoms with Crippen molar-refractivity contribution in [3.63, 3.8) is 0 Å². The van der Waals surface area contributed by atoms with E-state index in [2.05, 4.69) is 6.92 Å². The molecule has 2 N–H and O–H groups in total. The highest BCUT2D eigenvalue weighted by Gasteiger charge is 2.48. The Morgan fingerprint density at radius 2 is 1.08 bits per heavy atom. The van der Waals surface area contributed by atoms with E-state index in [1.54, 1.807) is 0 Å². The maximum Gasteiger partial charge on any atom is 0.327 e. The quantitative estimate of drug-likeness (QED) is 0.221. The van der Waals surface area contributed by atoms with Gasteiger partial charge in [-0.15, -0.1) is 0 Å². The van der Waals surface area contributed by atoms with Gasteiger partial charge in [0.25, 0.3) is 10.1 Å². The fourth-order valence-electron chi connectivity index (χ4n) is 3.46. The highest BCUT2D eigenvalue weighted by Crippen LogP contribution is 2.28.